The van der Waals surface area contributed by atoms with Crippen LogP contribution in [-0.2, 0) is 18.9 Å². The molecule has 0 saturated heterocycles. The Morgan fingerprint density at radius 1 is 0.475 bits per heavy atom. The molecule has 0 aromatic rings. The lowest BCUT2D eigenvalue weighted by atomic mass is 9.79. The van der Waals surface area contributed by atoms with Crippen LogP contribution in [0.15, 0.2) is 0 Å². The molecule has 0 aliphatic heterocycles. The predicted octanol–water partition coefficient (Wildman–Crippen LogP) is 7.88. The lowest BCUT2D eigenvalue weighted by Crippen LogP contribution is -2.61. The lowest BCUT2D eigenvalue weighted by Gasteiger charge is -2.25. The van der Waals surface area contributed by atoms with Crippen molar-refractivity contribution in [2.45, 2.75) is 180 Å². The third-order valence-corrected chi connectivity index (χ3v) is 7.34. The molecule has 0 atom stereocenters. The first-order valence-electron chi connectivity index (χ1n) is 16.1. The highest BCUT2D eigenvalue weighted by atomic mass is 31.2. The molecule has 238 valence electrons. The Morgan fingerprint density at radius 3 is 0.850 bits per heavy atom. The van der Waals surface area contributed by atoms with Crippen LogP contribution < -0.4 is 5.73 Å². The van der Waals surface area contributed by atoms with E-state index in [1.165, 1.54) is 77.0 Å². The second-order valence-corrected chi connectivity index (χ2v) is 12.2. The van der Waals surface area contributed by atoms with Crippen molar-refractivity contribution in [2.75, 3.05) is 0 Å². The molecular weight excluding hydrogens is 529 g/mol. The van der Waals surface area contributed by atoms with E-state index in [0.29, 0.717) is 0 Å². The molecule has 0 aromatic heterocycles. The highest BCUT2D eigenvalue weighted by Crippen LogP contribution is 2.26. The maximum absolute atomic E-state index is 13.1. The SMILES string of the molecule is CCCCCCCCCC(=O)C(N)(C(=O)CCCCCCCCC)C(=O)CCCCCCCCC.O=P(O)(O)O. The second-order valence-electron chi connectivity index (χ2n) is 11.2. The van der Waals surface area contributed by atoms with Crippen LogP contribution in [0.5, 0.6) is 0 Å². The Morgan fingerprint density at radius 2 is 0.650 bits per heavy atom. The molecule has 0 fully saturated rings. The van der Waals surface area contributed by atoms with Crippen LogP contribution in [-0.4, -0.2) is 37.6 Å². The summed E-state index contributed by atoms with van der Waals surface area (Å²) in [4.78, 5) is 61.0. The summed E-state index contributed by atoms with van der Waals surface area (Å²) in [5.41, 5.74) is 4.51. The predicted molar refractivity (Wildman–Crippen MR) is 164 cm³/mol. The van der Waals surface area contributed by atoms with Gasteiger partial charge in [0.05, 0.1) is 0 Å². The van der Waals surface area contributed by atoms with Gasteiger partial charge in [0.2, 0.25) is 0 Å². The summed E-state index contributed by atoms with van der Waals surface area (Å²) in [6.45, 7) is 6.60. The van der Waals surface area contributed by atoms with Crippen molar-refractivity contribution in [1.29, 1.82) is 0 Å². The van der Waals surface area contributed by atoms with Gasteiger partial charge in [-0.2, -0.15) is 0 Å². The lowest BCUT2D eigenvalue weighted by molar-refractivity contribution is -0.142. The number of carbonyl (C=O) groups excluding carboxylic acids is 3. The molecule has 0 rings (SSSR count). The van der Waals surface area contributed by atoms with Gasteiger partial charge in [0.1, 0.15) is 0 Å². The van der Waals surface area contributed by atoms with E-state index in [-0.39, 0.29) is 36.6 Å². The topological polar surface area (TPSA) is 155 Å². The van der Waals surface area contributed by atoms with Crippen molar-refractivity contribution in [3.63, 3.8) is 0 Å². The van der Waals surface area contributed by atoms with E-state index in [1.807, 2.05) is 0 Å². The molecular formula is C31H62NO7P. The molecule has 0 aliphatic carbocycles. The summed E-state index contributed by atoms with van der Waals surface area (Å²) in [7, 11) is -4.64. The molecule has 5 N–H and O–H groups in total. The molecule has 40 heavy (non-hydrogen) atoms. The van der Waals surface area contributed by atoms with Gasteiger partial charge in [-0.3, -0.25) is 14.4 Å². The summed E-state index contributed by atoms with van der Waals surface area (Å²) in [5, 5.41) is 0. The largest absolute Gasteiger partial charge is 0.466 e. The monoisotopic (exact) mass is 591 g/mol. The van der Waals surface area contributed by atoms with E-state index in [0.717, 1.165) is 57.8 Å². The summed E-state index contributed by atoms with van der Waals surface area (Å²) in [6, 6.07) is 0. The van der Waals surface area contributed by atoms with Crippen LogP contribution in [0, 0.1) is 0 Å². The van der Waals surface area contributed by atoms with Crippen LogP contribution in [0.3, 0.4) is 0 Å². The Hall–Kier alpha value is -0.920. The van der Waals surface area contributed by atoms with E-state index in [9.17, 15) is 14.4 Å². The third kappa shape index (κ3) is 24.8. The van der Waals surface area contributed by atoms with Crippen LogP contribution >= 0.6 is 7.82 Å². The van der Waals surface area contributed by atoms with Gasteiger partial charge in [0, 0.05) is 19.3 Å². The number of nitrogens with two attached hydrogens (primary N) is 1. The van der Waals surface area contributed by atoms with Crippen molar-refractivity contribution < 1.29 is 33.6 Å². The van der Waals surface area contributed by atoms with Gasteiger partial charge >= 0.3 is 7.82 Å². The minimum Gasteiger partial charge on any atom is -0.307 e. The van der Waals surface area contributed by atoms with Gasteiger partial charge in [0.25, 0.3) is 0 Å². The molecule has 8 nitrogen and oxygen atoms in total. The summed E-state index contributed by atoms with van der Waals surface area (Å²) in [5.74, 6) is -1.02. The van der Waals surface area contributed by atoms with Gasteiger partial charge in [-0.1, -0.05) is 136 Å². The second kappa shape index (κ2) is 26.9. The van der Waals surface area contributed by atoms with Crippen molar-refractivity contribution in [3.8, 4) is 0 Å². The van der Waals surface area contributed by atoms with Crippen molar-refractivity contribution in [3.05, 3.63) is 0 Å². The van der Waals surface area contributed by atoms with Gasteiger partial charge < -0.3 is 20.4 Å². The Bertz CT molecular complexity index is 611. The Labute approximate surface area is 244 Å². The van der Waals surface area contributed by atoms with E-state index >= 15 is 0 Å². The summed E-state index contributed by atoms with van der Waals surface area (Å²) >= 11 is 0. The standard InChI is InChI=1S/C31H59NO3.H3O4P/c1-4-7-10-13-16-19-22-25-28(33)31(32,29(34)26-23-20-17-14-11-8-5-2)30(35)27-24-21-18-15-12-9-6-3;1-5(2,3)4/h4-27,32H2,1-3H3;(H3,1,2,3,4). The first-order valence-corrected chi connectivity index (χ1v) is 17.7. The average molecular weight is 592 g/mol. The van der Waals surface area contributed by atoms with Crippen molar-refractivity contribution >= 4 is 25.2 Å². The number of Topliss-reactive ketones (excluding diaryl/α,β-unsaturated/α-hetero) is 3. The van der Waals surface area contributed by atoms with Gasteiger partial charge in [-0.05, 0) is 19.3 Å². The number of carbonyl (C=O) groups is 3. The Balaban J connectivity index is 0. The smallest absolute Gasteiger partial charge is 0.307 e. The highest BCUT2D eigenvalue weighted by molar-refractivity contribution is 7.45. The number of hydrogen-bond donors (Lipinski definition) is 4. The van der Waals surface area contributed by atoms with E-state index in [1.54, 1.807) is 0 Å². The minimum absolute atomic E-state index is 0.246. The molecule has 9 heteroatoms. The number of hydrogen-bond acceptors (Lipinski definition) is 5. The molecule has 0 spiro atoms. The molecule has 0 unspecified atom stereocenters. The van der Waals surface area contributed by atoms with Gasteiger partial charge in [0.15, 0.2) is 22.9 Å². The van der Waals surface area contributed by atoms with E-state index < -0.39 is 13.4 Å². The van der Waals surface area contributed by atoms with E-state index in [2.05, 4.69) is 20.8 Å². The Kier molecular flexibility index (Phi) is 27.8. The number of rotatable bonds is 27. The third-order valence-electron chi connectivity index (χ3n) is 7.34. The molecule has 0 heterocycles. The van der Waals surface area contributed by atoms with Crippen LogP contribution in [0.4, 0.5) is 0 Å². The van der Waals surface area contributed by atoms with Crippen molar-refractivity contribution in [2.24, 2.45) is 5.73 Å². The molecule has 0 bridgehead atoms. The summed E-state index contributed by atoms with van der Waals surface area (Å²) < 4.78 is 8.88. The summed E-state index contributed by atoms with van der Waals surface area (Å²) in [6.07, 6.45) is 23.8. The molecule has 0 aromatic carbocycles. The molecule has 0 aliphatic rings. The first-order chi connectivity index (χ1) is 18.9. The number of phosphoric acid groups is 1. The zero-order chi connectivity index (χ0) is 30.7. The maximum Gasteiger partial charge on any atom is 0.466 e. The van der Waals surface area contributed by atoms with Gasteiger partial charge in [-0.25, -0.2) is 4.57 Å². The number of unbranched alkanes of at least 4 members (excludes halogenated alkanes) is 18. The fraction of sp³-hybridized carbons (Fsp3) is 0.903. The number of ketones is 3. The highest BCUT2D eigenvalue weighted by Gasteiger charge is 2.46. The van der Waals surface area contributed by atoms with Crippen molar-refractivity contribution in [1.82, 2.24) is 0 Å². The molecule has 0 saturated carbocycles. The average Bonchev–Trinajstić information content (AvgIpc) is 2.89. The van der Waals surface area contributed by atoms with E-state index in [4.69, 9.17) is 25.0 Å². The fourth-order valence-electron chi connectivity index (χ4n) is 4.79. The quantitative estimate of drug-likeness (QED) is 0.0427. The van der Waals surface area contributed by atoms with Gasteiger partial charge in [-0.15, -0.1) is 0 Å². The van der Waals surface area contributed by atoms with Crippen LogP contribution in [0.1, 0.15) is 175 Å². The fourth-order valence-corrected chi connectivity index (χ4v) is 4.79. The minimum atomic E-state index is -4.64. The zero-order valence-electron chi connectivity index (χ0n) is 26.0. The zero-order valence-corrected chi connectivity index (χ0v) is 26.9. The normalized spacial score (nSPS) is 11.7. The first kappa shape index (κ1) is 41.2. The molecule has 0 radical (unpaired) electrons. The van der Waals surface area contributed by atoms with Crippen LogP contribution in [0.2, 0.25) is 0 Å². The molecule has 0 amide bonds. The van der Waals surface area contributed by atoms with Crippen LogP contribution in [0.25, 0.3) is 0 Å². The maximum atomic E-state index is 13.1.